The molecule has 0 radical (unpaired) electrons. The fraction of sp³-hybridized carbons (Fsp3) is 0.308. The lowest BCUT2D eigenvalue weighted by molar-refractivity contribution is 0.164. The van der Waals surface area contributed by atoms with E-state index in [2.05, 4.69) is 5.10 Å². The van der Waals surface area contributed by atoms with Gasteiger partial charge in [0.1, 0.15) is 17.6 Å². The van der Waals surface area contributed by atoms with Crippen LogP contribution in [0.4, 0.5) is 4.39 Å². The highest BCUT2D eigenvalue weighted by molar-refractivity contribution is 5.29. The van der Waals surface area contributed by atoms with Gasteiger partial charge in [-0.15, -0.1) is 0 Å². The Hall–Kier alpha value is -1.88. The molecule has 1 unspecified atom stereocenters. The summed E-state index contributed by atoms with van der Waals surface area (Å²) in [5.41, 5.74) is 1.47. The molecule has 0 bridgehead atoms. The van der Waals surface area contributed by atoms with Gasteiger partial charge in [0, 0.05) is 13.5 Å². The zero-order chi connectivity index (χ0) is 13.1. The lowest BCUT2D eigenvalue weighted by atomic mass is 10.1. The first kappa shape index (κ1) is 12.6. The van der Waals surface area contributed by atoms with E-state index in [1.807, 2.05) is 0 Å². The Balaban J connectivity index is 2.18. The van der Waals surface area contributed by atoms with E-state index in [1.54, 1.807) is 30.1 Å². The average Bonchev–Trinajstić information content (AvgIpc) is 2.73. The predicted molar refractivity (Wildman–Crippen MR) is 64.8 cm³/mol. The van der Waals surface area contributed by atoms with Gasteiger partial charge >= 0.3 is 0 Å². The smallest absolute Gasteiger partial charge is 0.162 e. The Kier molecular flexibility index (Phi) is 3.62. The molecule has 0 spiro atoms. The van der Waals surface area contributed by atoms with Crippen molar-refractivity contribution in [1.29, 1.82) is 0 Å². The number of nitrogens with zero attached hydrogens (tertiary/aromatic N) is 2. The van der Waals surface area contributed by atoms with Crippen LogP contribution in [-0.4, -0.2) is 22.0 Å². The van der Waals surface area contributed by atoms with Crippen molar-refractivity contribution in [2.75, 3.05) is 7.11 Å². The average molecular weight is 250 g/mol. The molecular formula is C13H15FN2O2. The number of halogens is 1. The maximum atomic E-state index is 12.8. The first-order valence-corrected chi connectivity index (χ1v) is 5.60. The third-order valence-electron chi connectivity index (χ3n) is 2.83. The van der Waals surface area contributed by atoms with Crippen molar-refractivity contribution in [2.45, 2.75) is 12.5 Å². The molecule has 0 amide bonds. The largest absolute Gasteiger partial charge is 0.493 e. The van der Waals surface area contributed by atoms with Gasteiger partial charge in [0.25, 0.3) is 0 Å². The van der Waals surface area contributed by atoms with Gasteiger partial charge in [-0.25, -0.2) is 4.39 Å². The number of hydrogen-bond donors (Lipinski definition) is 1. The standard InChI is InChI=1S/C13H15FN2O2/c1-16-13(12(18-2)8-15-16)11(17)7-9-3-5-10(14)6-4-9/h3-6,8,11,17H,7H2,1-2H3. The highest BCUT2D eigenvalue weighted by Crippen LogP contribution is 2.26. The Labute approximate surface area is 105 Å². The monoisotopic (exact) mass is 250 g/mol. The zero-order valence-electron chi connectivity index (χ0n) is 10.3. The van der Waals surface area contributed by atoms with E-state index < -0.39 is 6.10 Å². The van der Waals surface area contributed by atoms with Crippen LogP contribution in [0.5, 0.6) is 5.75 Å². The highest BCUT2D eigenvalue weighted by Gasteiger charge is 2.18. The Bertz CT molecular complexity index is 522. The third-order valence-corrected chi connectivity index (χ3v) is 2.83. The first-order valence-electron chi connectivity index (χ1n) is 5.60. The van der Waals surface area contributed by atoms with Gasteiger partial charge in [0.05, 0.1) is 13.3 Å². The first-order chi connectivity index (χ1) is 8.61. The number of hydrogen-bond acceptors (Lipinski definition) is 3. The van der Waals surface area contributed by atoms with Crippen molar-refractivity contribution in [3.8, 4) is 5.75 Å². The number of rotatable bonds is 4. The molecule has 0 aliphatic carbocycles. The van der Waals surface area contributed by atoms with Crippen LogP contribution in [0.2, 0.25) is 0 Å². The summed E-state index contributed by atoms with van der Waals surface area (Å²) in [6.45, 7) is 0. The van der Waals surface area contributed by atoms with Gasteiger partial charge in [0.2, 0.25) is 0 Å². The van der Waals surface area contributed by atoms with E-state index in [0.29, 0.717) is 17.9 Å². The van der Waals surface area contributed by atoms with E-state index >= 15 is 0 Å². The minimum absolute atomic E-state index is 0.286. The SMILES string of the molecule is COc1cnn(C)c1C(O)Cc1ccc(F)cc1. The minimum atomic E-state index is -0.738. The molecule has 0 aliphatic heterocycles. The van der Waals surface area contributed by atoms with Crippen molar-refractivity contribution in [3.63, 3.8) is 0 Å². The Morgan fingerprint density at radius 2 is 2.06 bits per heavy atom. The maximum Gasteiger partial charge on any atom is 0.162 e. The topological polar surface area (TPSA) is 47.3 Å². The summed E-state index contributed by atoms with van der Waals surface area (Å²) in [7, 11) is 3.27. The fourth-order valence-corrected chi connectivity index (χ4v) is 1.90. The van der Waals surface area contributed by atoms with Crippen LogP contribution in [0, 0.1) is 5.82 Å². The number of aliphatic hydroxyl groups is 1. The molecule has 0 aliphatic rings. The molecule has 2 rings (SSSR count). The number of methoxy groups -OCH3 is 1. The number of aryl methyl sites for hydroxylation is 1. The molecule has 2 aromatic rings. The highest BCUT2D eigenvalue weighted by atomic mass is 19.1. The fourth-order valence-electron chi connectivity index (χ4n) is 1.90. The molecule has 4 nitrogen and oxygen atoms in total. The second-order valence-corrected chi connectivity index (χ2v) is 4.07. The van der Waals surface area contributed by atoms with E-state index in [9.17, 15) is 9.50 Å². The molecule has 0 saturated carbocycles. The van der Waals surface area contributed by atoms with E-state index in [1.165, 1.54) is 19.2 Å². The van der Waals surface area contributed by atoms with Crippen LogP contribution in [0.15, 0.2) is 30.5 Å². The minimum Gasteiger partial charge on any atom is -0.493 e. The molecule has 0 fully saturated rings. The molecule has 1 heterocycles. The number of ether oxygens (including phenoxy) is 1. The summed E-state index contributed by atoms with van der Waals surface area (Å²) in [5, 5.41) is 14.2. The summed E-state index contributed by atoms with van der Waals surface area (Å²) in [6.07, 6.45) is 1.21. The lowest BCUT2D eigenvalue weighted by Gasteiger charge is -2.13. The summed E-state index contributed by atoms with van der Waals surface area (Å²) < 4.78 is 19.5. The van der Waals surface area contributed by atoms with Gasteiger partial charge in [-0.3, -0.25) is 4.68 Å². The second kappa shape index (κ2) is 5.18. The summed E-state index contributed by atoms with van der Waals surface area (Å²) in [4.78, 5) is 0. The van der Waals surface area contributed by atoms with Crippen molar-refractivity contribution >= 4 is 0 Å². The van der Waals surface area contributed by atoms with Gasteiger partial charge in [-0.05, 0) is 17.7 Å². The van der Waals surface area contributed by atoms with Crippen LogP contribution in [0.1, 0.15) is 17.4 Å². The van der Waals surface area contributed by atoms with Crippen LogP contribution in [-0.2, 0) is 13.5 Å². The van der Waals surface area contributed by atoms with Gasteiger partial charge < -0.3 is 9.84 Å². The predicted octanol–water partition coefficient (Wildman–Crippen LogP) is 1.84. The summed E-state index contributed by atoms with van der Waals surface area (Å²) in [5.74, 6) is 0.262. The van der Waals surface area contributed by atoms with Crippen LogP contribution in [0.25, 0.3) is 0 Å². The van der Waals surface area contributed by atoms with Gasteiger partial charge in [-0.2, -0.15) is 5.10 Å². The summed E-state index contributed by atoms with van der Waals surface area (Å²) >= 11 is 0. The number of benzene rings is 1. The second-order valence-electron chi connectivity index (χ2n) is 4.07. The third kappa shape index (κ3) is 2.51. The molecule has 1 atom stereocenters. The van der Waals surface area contributed by atoms with Crippen LogP contribution >= 0.6 is 0 Å². The molecule has 1 N–H and O–H groups in total. The maximum absolute atomic E-state index is 12.8. The van der Waals surface area contributed by atoms with E-state index in [0.717, 1.165) is 5.56 Å². The molecule has 5 heteroatoms. The quantitative estimate of drug-likeness (QED) is 0.900. The number of aliphatic hydroxyl groups excluding tert-OH is 1. The zero-order valence-corrected chi connectivity index (χ0v) is 10.3. The van der Waals surface area contributed by atoms with E-state index in [4.69, 9.17) is 4.74 Å². The van der Waals surface area contributed by atoms with Crippen LogP contribution < -0.4 is 4.74 Å². The van der Waals surface area contributed by atoms with Crippen molar-refractivity contribution < 1.29 is 14.2 Å². The normalized spacial score (nSPS) is 12.4. The Morgan fingerprint density at radius 3 is 2.67 bits per heavy atom. The molecule has 1 aromatic heterocycles. The molecule has 1 aromatic carbocycles. The van der Waals surface area contributed by atoms with Crippen molar-refractivity contribution in [2.24, 2.45) is 7.05 Å². The van der Waals surface area contributed by atoms with Gasteiger partial charge in [-0.1, -0.05) is 12.1 Å². The van der Waals surface area contributed by atoms with E-state index in [-0.39, 0.29) is 5.82 Å². The molecule has 96 valence electrons. The molecule has 0 saturated heterocycles. The lowest BCUT2D eigenvalue weighted by Crippen LogP contribution is -2.09. The Morgan fingerprint density at radius 1 is 1.39 bits per heavy atom. The molecule has 18 heavy (non-hydrogen) atoms. The van der Waals surface area contributed by atoms with Gasteiger partial charge in [0.15, 0.2) is 5.75 Å². The molecular weight excluding hydrogens is 235 g/mol. The van der Waals surface area contributed by atoms with Crippen molar-refractivity contribution in [1.82, 2.24) is 9.78 Å². The number of aromatic nitrogens is 2. The van der Waals surface area contributed by atoms with Crippen molar-refractivity contribution in [3.05, 3.63) is 47.5 Å². The van der Waals surface area contributed by atoms with Crippen LogP contribution in [0.3, 0.4) is 0 Å². The summed E-state index contributed by atoms with van der Waals surface area (Å²) in [6, 6.07) is 6.06.